The van der Waals surface area contributed by atoms with Gasteiger partial charge in [0.15, 0.2) is 8.32 Å². The molecule has 0 amide bonds. The van der Waals surface area contributed by atoms with E-state index in [1.54, 1.807) is 6.07 Å². The summed E-state index contributed by atoms with van der Waals surface area (Å²) in [6.45, 7) is 12.7. The van der Waals surface area contributed by atoms with Gasteiger partial charge in [-0.15, -0.1) is 0 Å². The van der Waals surface area contributed by atoms with Gasteiger partial charge in [0.25, 0.3) is 0 Å². The van der Waals surface area contributed by atoms with Crippen molar-refractivity contribution >= 4 is 19.9 Å². The molecule has 2 aromatic carbocycles. The number of hydrogen-bond donors (Lipinski definition) is 2. The van der Waals surface area contributed by atoms with Crippen LogP contribution in [0.15, 0.2) is 48.5 Å². The normalized spacial score (nSPS) is 14.6. The molecule has 2 N–H and O–H groups in total. The fourth-order valence-corrected chi connectivity index (χ4v) is 4.01. The van der Waals surface area contributed by atoms with Crippen LogP contribution in [-0.2, 0) is 11.0 Å². The number of hydrogen-bond acceptors (Lipinski definition) is 3. The van der Waals surface area contributed by atoms with Crippen LogP contribution < -0.4 is 5.32 Å². The lowest BCUT2D eigenvalue weighted by molar-refractivity contribution is 0.0694. The van der Waals surface area contributed by atoms with Crippen molar-refractivity contribution in [3.8, 4) is 0 Å². The standard InChI is InChI=1S/C23H33ClFNO2Si/c1-23(2,3)29(4,5)28-16-19(15-26-14-17-9-7-6-8-10-17)22(27)18-11-12-21(25)20(24)13-18/h6-13,19,22,26-27H,14-16H2,1-5H3. The fraction of sp³-hybridized carbons (Fsp3) is 0.478. The number of halogens is 2. The Morgan fingerprint density at radius 2 is 1.79 bits per heavy atom. The van der Waals surface area contributed by atoms with Crippen molar-refractivity contribution in [2.75, 3.05) is 13.2 Å². The van der Waals surface area contributed by atoms with Crippen LogP contribution in [0.3, 0.4) is 0 Å². The minimum atomic E-state index is -1.96. The highest BCUT2D eigenvalue weighted by atomic mass is 35.5. The Morgan fingerprint density at radius 1 is 1.14 bits per heavy atom. The van der Waals surface area contributed by atoms with E-state index in [0.29, 0.717) is 25.3 Å². The number of aliphatic hydroxyl groups excluding tert-OH is 1. The maximum Gasteiger partial charge on any atom is 0.191 e. The van der Waals surface area contributed by atoms with E-state index in [1.807, 2.05) is 18.2 Å². The van der Waals surface area contributed by atoms with E-state index in [9.17, 15) is 9.50 Å². The first-order chi connectivity index (χ1) is 13.5. The minimum absolute atomic E-state index is 0.0165. The van der Waals surface area contributed by atoms with Gasteiger partial charge in [0, 0.05) is 25.6 Å². The number of rotatable bonds is 9. The van der Waals surface area contributed by atoms with Gasteiger partial charge in [-0.2, -0.15) is 0 Å². The molecule has 2 rings (SSSR count). The Morgan fingerprint density at radius 3 is 2.38 bits per heavy atom. The molecule has 2 atom stereocenters. The van der Waals surface area contributed by atoms with Crippen LogP contribution in [-0.4, -0.2) is 26.6 Å². The average Bonchev–Trinajstić information content (AvgIpc) is 2.66. The van der Waals surface area contributed by atoms with E-state index in [4.69, 9.17) is 16.0 Å². The molecule has 0 aliphatic carbocycles. The molecule has 29 heavy (non-hydrogen) atoms. The molecule has 2 unspecified atom stereocenters. The first-order valence-corrected chi connectivity index (χ1v) is 13.3. The topological polar surface area (TPSA) is 41.5 Å². The van der Waals surface area contributed by atoms with Crippen molar-refractivity contribution in [3.05, 3.63) is 70.5 Å². The molecule has 0 aromatic heterocycles. The Balaban J connectivity index is 2.11. The van der Waals surface area contributed by atoms with E-state index in [2.05, 4.69) is 51.3 Å². The minimum Gasteiger partial charge on any atom is -0.416 e. The van der Waals surface area contributed by atoms with Crippen molar-refractivity contribution in [3.63, 3.8) is 0 Å². The first kappa shape index (κ1) is 24.0. The van der Waals surface area contributed by atoms with Crippen molar-refractivity contribution in [2.24, 2.45) is 5.92 Å². The van der Waals surface area contributed by atoms with Gasteiger partial charge < -0.3 is 14.8 Å². The third-order valence-corrected chi connectivity index (χ3v) is 10.6. The molecule has 0 spiro atoms. The summed E-state index contributed by atoms with van der Waals surface area (Å²) in [6.07, 6.45) is -0.804. The average molecular weight is 438 g/mol. The van der Waals surface area contributed by atoms with Crippen molar-refractivity contribution in [1.29, 1.82) is 0 Å². The zero-order valence-corrected chi connectivity index (χ0v) is 19.8. The Hall–Kier alpha value is -1.24. The largest absolute Gasteiger partial charge is 0.416 e. The molecular weight excluding hydrogens is 405 g/mol. The van der Waals surface area contributed by atoms with Crippen molar-refractivity contribution < 1.29 is 13.9 Å². The van der Waals surface area contributed by atoms with Crippen LogP contribution in [0.2, 0.25) is 23.2 Å². The van der Waals surface area contributed by atoms with Crippen LogP contribution >= 0.6 is 11.6 Å². The molecule has 160 valence electrons. The Bertz CT molecular complexity index is 780. The zero-order chi connectivity index (χ0) is 21.7. The molecule has 6 heteroatoms. The van der Waals surface area contributed by atoms with Gasteiger partial charge >= 0.3 is 0 Å². The Kier molecular flexibility index (Phi) is 8.44. The molecular formula is C23H33ClFNO2Si. The molecule has 0 saturated carbocycles. The number of aliphatic hydroxyl groups is 1. The van der Waals surface area contributed by atoms with Gasteiger partial charge in [-0.1, -0.05) is 68.8 Å². The Labute approximate surface area is 180 Å². The maximum atomic E-state index is 13.5. The van der Waals surface area contributed by atoms with Crippen molar-refractivity contribution in [1.82, 2.24) is 5.32 Å². The summed E-state index contributed by atoms with van der Waals surface area (Å²) in [6, 6.07) is 14.5. The van der Waals surface area contributed by atoms with Crippen LogP contribution in [0, 0.1) is 11.7 Å². The van der Waals surface area contributed by atoms with Gasteiger partial charge in [0.2, 0.25) is 0 Å². The van der Waals surface area contributed by atoms with Gasteiger partial charge in [-0.3, -0.25) is 0 Å². The summed E-state index contributed by atoms with van der Waals surface area (Å²) in [7, 11) is -1.96. The predicted octanol–water partition coefficient (Wildman–Crippen LogP) is 5.94. The van der Waals surface area contributed by atoms with E-state index in [-0.39, 0.29) is 16.0 Å². The smallest absolute Gasteiger partial charge is 0.191 e. The van der Waals surface area contributed by atoms with Crippen LogP contribution in [0.1, 0.15) is 38.0 Å². The summed E-state index contributed by atoms with van der Waals surface area (Å²) >= 11 is 5.93. The SMILES string of the molecule is CC(C)(C)[Si](C)(C)OCC(CNCc1ccccc1)C(O)c1ccc(F)c(Cl)c1. The third-order valence-electron chi connectivity index (χ3n) is 5.77. The van der Waals surface area contributed by atoms with Gasteiger partial charge in [-0.05, 0) is 41.4 Å². The molecule has 0 aliphatic rings. The van der Waals surface area contributed by atoms with Gasteiger partial charge in [0.05, 0.1) is 11.1 Å². The number of nitrogens with one attached hydrogen (secondary N) is 1. The molecule has 0 saturated heterocycles. The molecule has 0 bridgehead atoms. The summed E-state index contributed by atoms with van der Waals surface area (Å²) in [5.41, 5.74) is 1.78. The van der Waals surface area contributed by atoms with Gasteiger partial charge in [-0.25, -0.2) is 4.39 Å². The van der Waals surface area contributed by atoms with E-state index >= 15 is 0 Å². The van der Waals surface area contributed by atoms with Crippen LogP contribution in [0.4, 0.5) is 4.39 Å². The lowest BCUT2D eigenvalue weighted by Gasteiger charge is -2.38. The monoisotopic (exact) mass is 437 g/mol. The molecule has 3 nitrogen and oxygen atoms in total. The quantitative estimate of drug-likeness (QED) is 0.477. The van der Waals surface area contributed by atoms with E-state index in [1.165, 1.54) is 17.7 Å². The highest BCUT2D eigenvalue weighted by Crippen LogP contribution is 2.37. The third kappa shape index (κ3) is 6.90. The molecule has 0 fully saturated rings. The lowest BCUT2D eigenvalue weighted by atomic mass is 9.96. The van der Waals surface area contributed by atoms with Gasteiger partial charge in [0.1, 0.15) is 5.82 Å². The molecule has 0 heterocycles. The number of benzene rings is 2. The molecule has 0 aliphatic heterocycles. The summed E-state index contributed by atoms with van der Waals surface area (Å²) in [5.74, 6) is -0.673. The first-order valence-electron chi connectivity index (χ1n) is 10.0. The maximum absolute atomic E-state index is 13.5. The zero-order valence-electron chi connectivity index (χ0n) is 18.0. The summed E-state index contributed by atoms with van der Waals surface area (Å²) < 4.78 is 19.9. The fourth-order valence-electron chi connectivity index (χ4n) is 2.76. The summed E-state index contributed by atoms with van der Waals surface area (Å²) in [5, 5.41) is 14.5. The lowest BCUT2D eigenvalue weighted by Crippen LogP contribution is -2.43. The van der Waals surface area contributed by atoms with Crippen LogP contribution in [0.25, 0.3) is 0 Å². The highest BCUT2D eigenvalue weighted by molar-refractivity contribution is 6.74. The highest BCUT2D eigenvalue weighted by Gasteiger charge is 2.38. The second-order valence-corrected chi connectivity index (χ2v) is 14.3. The van der Waals surface area contributed by atoms with Crippen molar-refractivity contribution in [2.45, 2.75) is 51.6 Å². The predicted molar refractivity (Wildman–Crippen MR) is 121 cm³/mol. The second-order valence-electron chi connectivity index (χ2n) is 9.07. The van der Waals surface area contributed by atoms with E-state index in [0.717, 1.165) is 0 Å². The molecule has 2 aromatic rings. The summed E-state index contributed by atoms with van der Waals surface area (Å²) in [4.78, 5) is 0. The van der Waals surface area contributed by atoms with Crippen LogP contribution in [0.5, 0.6) is 0 Å². The van der Waals surface area contributed by atoms with E-state index < -0.39 is 20.2 Å². The molecule has 0 radical (unpaired) electrons. The second kappa shape index (κ2) is 10.2.